The summed E-state index contributed by atoms with van der Waals surface area (Å²) in [7, 11) is 0. The molecule has 0 bridgehead atoms. The van der Waals surface area contributed by atoms with Gasteiger partial charge in [-0.1, -0.05) is 0 Å². The van der Waals surface area contributed by atoms with Crippen LogP contribution in [0.4, 0.5) is 0 Å². The zero-order valence-corrected chi connectivity index (χ0v) is 9.98. The Labute approximate surface area is 102 Å². The van der Waals surface area contributed by atoms with E-state index in [4.69, 9.17) is 0 Å². The zero-order valence-electron chi connectivity index (χ0n) is 9.98. The summed E-state index contributed by atoms with van der Waals surface area (Å²) in [4.78, 5) is 16.2. The number of piperidine rings is 1. The van der Waals surface area contributed by atoms with E-state index in [-0.39, 0.29) is 0 Å². The van der Waals surface area contributed by atoms with Gasteiger partial charge in [0.05, 0.1) is 0 Å². The average Bonchev–Trinajstić information content (AvgIpc) is 3.05. The first-order valence-corrected chi connectivity index (χ1v) is 6.43. The maximum Gasteiger partial charge on any atom is 0.140 e. The van der Waals surface area contributed by atoms with Crippen molar-refractivity contribution in [3.05, 3.63) is 30.1 Å². The number of ketones is 1. The molecule has 3 rings (SSSR count). The number of nitrogens with zero attached hydrogens (tertiary/aromatic N) is 1. The molecule has 90 valence electrons. The number of hydrogen-bond donors (Lipinski definition) is 1. The van der Waals surface area contributed by atoms with E-state index in [1.165, 1.54) is 12.8 Å². The average molecular weight is 230 g/mol. The molecule has 0 amide bonds. The smallest absolute Gasteiger partial charge is 0.140 e. The van der Waals surface area contributed by atoms with Crippen molar-refractivity contribution in [3.63, 3.8) is 0 Å². The van der Waals surface area contributed by atoms with Gasteiger partial charge in [-0.15, -0.1) is 0 Å². The maximum atomic E-state index is 12.2. The van der Waals surface area contributed by atoms with Gasteiger partial charge in [0, 0.05) is 24.7 Å². The highest BCUT2D eigenvalue weighted by Gasteiger charge is 2.56. The number of hydrogen-bond acceptors (Lipinski definition) is 3. The Hall–Kier alpha value is -1.22. The van der Waals surface area contributed by atoms with Crippen molar-refractivity contribution in [3.8, 4) is 0 Å². The third kappa shape index (κ3) is 2.12. The third-order valence-corrected chi connectivity index (χ3v) is 4.31. The van der Waals surface area contributed by atoms with Crippen LogP contribution in [-0.2, 0) is 11.2 Å². The Balaban J connectivity index is 1.61. The van der Waals surface area contributed by atoms with Crippen LogP contribution in [0.25, 0.3) is 0 Å². The molecule has 1 saturated carbocycles. The number of carbonyl (C=O) groups is 1. The van der Waals surface area contributed by atoms with Gasteiger partial charge in [0.1, 0.15) is 5.78 Å². The molecule has 3 heteroatoms. The zero-order chi connectivity index (χ0) is 11.7. The molecule has 1 saturated heterocycles. The molecule has 0 aromatic carbocycles. The Morgan fingerprint density at radius 2 is 2.06 bits per heavy atom. The van der Waals surface area contributed by atoms with Crippen molar-refractivity contribution < 1.29 is 4.79 Å². The lowest BCUT2D eigenvalue weighted by molar-refractivity contribution is -0.120. The van der Waals surface area contributed by atoms with Crippen LogP contribution < -0.4 is 5.32 Å². The van der Waals surface area contributed by atoms with E-state index in [1.807, 2.05) is 12.1 Å². The van der Waals surface area contributed by atoms with Crippen molar-refractivity contribution in [1.82, 2.24) is 10.3 Å². The van der Waals surface area contributed by atoms with Gasteiger partial charge in [0.2, 0.25) is 0 Å². The van der Waals surface area contributed by atoms with Gasteiger partial charge < -0.3 is 5.32 Å². The standard InChI is InChI=1S/C14H18N2O/c17-13(9-11-1-5-15-6-2-11)12-10-14(12)3-7-16-8-4-14/h1-2,5-6,12,16H,3-4,7-10H2. The summed E-state index contributed by atoms with van der Waals surface area (Å²) in [6.45, 7) is 2.16. The number of pyridine rings is 1. The Morgan fingerprint density at radius 3 is 2.76 bits per heavy atom. The fourth-order valence-corrected chi connectivity index (χ4v) is 3.11. The summed E-state index contributed by atoms with van der Waals surface area (Å²) in [5.74, 6) is 0.760. The molecule has 1 aliphatic carbocycles. The summed E-state index contributed by atoms with van der Waals surface area (Å²) in [6.07, 6.45) is 7.59. The van der Waals surface area contributed by atoms with Crippen LogP contribution in [-0.4, -0.2) is 23.9 Å². The molecule has 1 spiro atoms. The monoisotopic (exact) mass is 230 g/mol. The van der Waals surface area contributed by atoms with Gasteiger partial charge in [-0.05, 0) is 55.5 Å². The molecule has 1 aromatic rings. The molecule has 1 aromatic heterocycles. The summed E-state index contributed by atoms with van der Waals surface area (Å²) in [5, 5.41) is 3.37. The van der Waals surface area contributed by atoms with Crippen LogP contribution in [0.5, 0.6) is 0 Å². The van der Waals surface area contributed by atoms with Crippen LogP contribution >= 0.6 is 0 Å². The minimum Gasteiger partial charge on any atom is -0.317 e. The molecule has 1 atom stereocenters. The number of carbonyl (C=O) groups excluding carboxylic acids is 1. The molecular weight excluding hydrogens is 212 g/mol. The fraction of sp³-hybridized carbons (Fsp3) is 0.571. The molecule has 2 heterocycles. The van der Waals surface area contributed by atoms with E-state index in [0.717, 1.165) is 25.1 Å². The Morgan fingerprint density at radius 1 is 1.35 bits per heavy atom. The van der Waals surface area contributed by atoms with Crippen LogP contribution in [0.3, 0.4) is 0 Å². The number of aromatic nitrogens is 1. The lowest BCUT2D eigenvalue weighted by atomic mass is 9.89. The van der Waals surface area contributed by atoms with E-state index in [0.29, 0.717) is 23.5 Å². The molecule has 2 fully saturated rings. The Bertz CT molecular complexity index is 409. The van der Waals surface area contributed by atoms with Gasteiger partial charge in [-0.2, -0.15) is 0 Å². The van der Waals surface area contributed by atoms with Gasteiger partial charge in [-0.25, -0.2) is 0 Å². The number of Topliss-reactive ketones (excluding diaryl/α,β-unsaturated/α-hetero) is 1. The quantitative estimate of drug-likeness (QED) is 0.857. The fourth-order valence-electron chi connectivity index (χ4n) is 3.11. The highest BCUT2D eigenvalue weighted by molar-refractivity contribution is 5.86. The summed E-state index contributed by atoms with van der Waals surface area (Å²) in [5.41, 5.74) is 1.47. The van der Waals surface area contributed by atoms with E-state index in [2.05, 4.69) is 10.3 Å². The second-order valence-electron chi connectivity index (χ2n) is 5.37. The minimum absolute atomic E-state index is 0.331. The van der Waals surface area contributed by atoms with E-state index in [9.17, 15) is 4.79 Å². The predicted molar refractivity (Wildman–Crippen MR) is 65.6 cm³/mol. The van der Waals surface area contributed by atoms with E-state index < -0.39 is 0 Å². The van der Waals surface area contributed by atoms with Crippen LogP contribution in [0.2, 0.25) is 0 Å². The lowest BCUT2D eigenvalue weighted by Gasteiger charge is -2.23. The van der Waals surface area contributed by atoms with Crippen LogP contribution in [0, 0.1) is 11.3 Å². The molecule has 1 N–H and O–H groups in total. The molecule has 1 aliphatic heterocycles. The summed E-state index contributed by atoms with van der Waals surface area (Å²) >= 11 is 0. The van der Waals surface area contributed by atoms with Crippen molar-refractivity contribution in [2.75, 3.05) is 13.1 Å². The lowest BCUT2D eigenvalue weighted by Crippen LogP contribution is -2.30. The SMILES string of the molecule is O=C(Cc1ccncc1)C1CC12CCNCC2. The van der Waals surface area contributed by atoms with Crippen molar-refractivity contribution >= 4 is 5.78 Å². The predicted octanol–water partition coefficient (Wildman–Crippen LogP) is 1.58. The molecule has 2 aliphatic rings. The largest absolute Gasteiger partial charge is 0.317 e. The van der Waals surface area contributed by atoms with Gasteiger partial charge >= 0.3 is 0 Å². The first kappa shape index (κ1) is 10.9. The van der Waals surface area contributed by atoms with E-state index in [1.54, 1.807) is 12.4 Å². The molecule has 0 radical (unpaired) electrons. The number of nitrogens with one attached hydrogen (secondary N) is 1. The molecule has 3 nitrogen and oxygen atoms in total. The van der Waals surface area contributed by atoms with Gasteiger partial charge in [0.25, 0.3) is 0 Å². The Kier molecular flexibility index (Phi) is 2.71. The molecule has 1 unspecified atom stereocenters. The minimum atomic E-state index is 0.331. The second-order valence-corrected chi connectivity index (χ2v) is 5.37. The summed E-state index contributed by atoms with van der Waals surface area (Å²) in [6, 6.07) is 3.88. The van der Waals surface area contributed by atoms with Gasteiger partial charge in [-0.3, -0.25) is 9.78 Å². The van der Waals surface area contributed by atoms with Gasteiger partial charge in [0.15, 0.2) is 0 Å². The van der Waals surface area contributed by atoms with Crippen molar-refractivity contribution in [2.24, 2.45) is 11.3 Å². The number of rotatable bonds is 3. The maximum absolute atomic E-state index is 12.2. The first-order valence-electron chi connectivity index (χ1n) is 6.43. The highest BCUT2D eigenvalue weighted by atomic mass is 16.1. The topological polar surface area (TPSA) is 42.0 Å². The van der Waals surface area contributed by atoms with Crippen molar-refractivity contribution in [1.29, 1.82) is 0 Å². The first-order chi connectivity index (χ1) is 8.30. The highest BCUT2D eigenvalue weighted by Crippen LogP contribution is 2.59. The second kappa shape index (κ2) is 4.22. The van der Waals surface area contributed by atoms with Crippen LogP contribution in [0.15, 0.2) is 24.5 Å². The normalized spacial score (nSPS) is 25.8. The molecule has 17 heavy (non-hydrogen) atoms. The van der Waals surface area contributed by atoms with Crippen LogP contribution in [0.1, 0.15) is 24.8 Å². The molecular formula is C14H18N2O. The summed E-state index contributed by atoms with van der Waals surface area (Å²) < 4.78 is 0. The third-order valence-electron chi connectivity index (χ3n) is 4.31. The van der Waals surface area contributed by atoms with Crippen molar-refractivity contribution in [2.45, 2.75) is 25.7 Å². The van der Waals surface area contributed by atoms with E-state index >= 15 is 0 Å².